The number of para-hydroxylation sites is 1. The van der Waals surface area contributed by atoms with Crippen LogP contribution in [0.1, 0.15) is 23.6 Å². The largest absolute Gasteiger partial charge is 0.324 e. The summed E-state index contributed by atoms with van der Waals surface area (Å²) in [6.07, 6.45) is 3.54. The molecule has 2 heterocycles. The minimum atomic E-state index is -0.507. The fraction of sp³-hybridized carbons (Fsp3) is 0.0909. The van der Waals surface area contributed by atoms with Crippen LogP contribution in [0.3, 0.4) is 0 Å². The third-order valence-electron chi connectivity index (χ3n) is 4.59. The SMILES string of the molecule is O=C(CC(c1cccc(F)c1)c1cnc2ccccn12)Nc1ccccc1F. The lowest BCUT2D eigenvalue weighted by Crippen LogP contribution is -2.18. The molecule has 0 aliphatic carbocycles. The van der Waals surface area contributed by atoms with Crippen LogP contribution in [0.4, 0.5) is 14.5 Å². The fourth-order valence-electron chi connectivity index (χ4n) is 3.28. The number of carbonyl (C=O) groups excluding carboxylic acids is 1. The van der Waals surface area contributed by atoms with E-state index < -0.39 is 11.7 Å². The molecule has 140 valence electrons. The first kappa shape index (κ1) is 17.9. The van der Waals surface area contributed by atoms with Crippen molar-refractivity contribution in [2.45, 2.75) is 12.3 Å². The van der Waals surface area contributed by atoms with Gasteiger partial charge in [0.05, 0.1) is 11.4 Å². The molecule has 2 aromatic carbocycles. The molecule has 0 spiro atoms. The molecule has 4 rings (SSSR count). The lowest BCUT2D eigenvalue weighted by Gasteiger charge is -2.17. The monoisotopic (exact) mass is 377 g/mol. The quantitative estimate of drug-likeness (QED) is 0.544. The lowest BCUT2D eigenvalue weighted by atomic mass is 9.92. The van der Waals surface area contributed by atoms with Crippen molar-refractivity contribution in [2.75, 3.05) is 5.32 Å². The highest BCUT2D eigenvalue weighted by molar-refractivity contribution is 5.91. The maximum Gasteiger partial charge on any atom is 0.225 e. The van der Waals surface area contributed by atoms with E-state index >= 15 is 0 Å². The third-order valence-corrected chi connectivity index (χ3v) is 4.59. The van der Waals surface area contributed by atoms with E-state index in [-0.39, 0.29) is 23.8 Å². The molecule has 4 aromatic rings. The highest BCUT2D eigenvalue weighted by Crippen LogP contribution is 2.30. The number of rotatable bonds is 5. The van der Waals surface area contributed by atoms with Crippen molar-refractivity contribution >= 4 is 17.2 Å². The van der Waals surface area contributed by atoms with Crippen molar-refractivity contribution in [3.05, 3.63) is 102 Å². The maximum atomic E-state index is 13.9. The summed E-state index contributed by atoms with van der Waals surface area (Å²) in [6, 6.07) is 17.7. The van der Waals surface area contributed by atoms with E-state index in [0.717, 1.165) is 11.3 Å². The normalized spacial score (nSPS) is 12.1. The minimum Gasteiger partial charge on any atom is -0.324 e. The van der Waals surface area contributed by atoms with Crippen LogP contribution in [0, 0.1) is 11.6 Å². The number of hydrogen-bond donors (Lipinski definition) is 1. The Morgan fingerprint density at radius 3 is 2.68 bits per heavy atom. The number of anilines is 1. The van der Waals surface area contributed by atoms with Crippen LogP contribution in [0.5, 0.6) is 0 Å². The summed E-state index contributed by atoms with van der Waals surface area (Å²) in [5, 5.41) is 2.60. The molecule has 0 saturated heterocycles. The van der Waals surface area contributed by atoms with Gasteiger partial charge in [0.2, 0.25) is 5.91 Å². The average molecular weight is 377 g/mol. The zero-order valence-electron chi connectivity index (χ0n) is 14.8. The molecule has 28 heavy (non-hydrogen) atoms. The number of hydrogen-bond acceptors (Lipinski definition) is 2. The molecule has 0 saturated carbocycles. The van der Waals surface area contributed by atoms with Gasteiger partial charge in [-0.15, -0.1) is 0 Å². The fourth-order valence-corrected chi connectivity index (χ4v) is 3.28. The molecule has 2 aromatic heterocycles. The summed E-state index contributed by atoms with van der Waals surface area (Å²) in [5.74, 6) is -1.70. The van der Waals surface area contributed by atoms with E-state index in [1.54, 1.807) is 30.5 Å². The lowest BCUT2D eigenvalue weighted by molar-refractivity contribution is -0.116. The van der Waals surface area contributed by atoms with Crippen LogP contribution in [0.15, 0.2) is 79.1 Å². The summed E-state index contributed by atoms with van der Waals surface area (Å²) in [5.41, 5.74) is 2.25. The van der Waals surface area contributed by atoms with Crippen LogP contribution in [-0.2, 0) is 4.79 Å². The van der Waals surface area contributed by atoms with Crippen molar-refractivity contribution < 1.29 is 13.6 Å². The van der Waals surface area contributed by atoms with Gasteiger partial charge in [0.1, 0.15) is 17.3 Å². The Balaban J connectivity index is 1.69. The molecule has 1 unspecified atom stereocenters. The number of nitrogens with one attached hydrogen (secondary N) is 1. The summed E-state index contributed by atoms with van der Waals surface area (Å²) >= 11 is 0. The van der Waals surface area contributed by atoms with Crippen LogP contribution in [0.25, 0.3) is 5.65 Å². The molecular formula is C22H17F2N3O. The number of amides is 1. The number of pyridine rings is 1. The van der Waals surface area contributed by atoms with Gasteiger partial charge in [-0.3, -0.25) is 4.79 Å². The smallest absolute Gasteiger partial charge is 0.225 e. The standard InChI is InChI=1S/C22H17F2N3O/c23-16-7-5-6-15(12-16)17(20-14-25-21-10-3-4-11-27(20)21)13-22(28)26-19-9-2-1-8-18(19)24/h1-12,14,17H,13H2,(H,26,28). The van der Waals surface area contributed by atoms with Gasteiger partial charge in [0.25, 0.3) is 0 Å². The van der Waals surface area contributed by atoms with Crippen LogP contribution < -0.4 is 5.32 Å². The van der Waals surface area contributed by atoms with Crippen LogP contribution in [-0.4, -0.2) is 15.3 Å². The van der Waals surface area contributed by atoms with E-state index in [4.69, 9.17) is 0 Å². The summed E-state index contributed by atoms with van der Waals surface area (Å²) in [6.45, 7) is 0. The molecule has 4 nitrogen and oxygen atoms in total. The van der Waals surface area contributed by atoms with Gasteiger partial charge in [-0.2, -0.15) is 0 Å². The Bertz CT molecular complexity index is 1140. The Hall–Kier alpha value is -3.54. The molecule has 0 fully saturated rings. The molecule has 0 radical (unpaired) electrons. The Morgan fingerprint density at radius 1 is 1.04 bits per heavy atom. The first-order valence-electron chi connectivity index (χ1n) is 8.83. The van der Waals surface area contributed by atoms with Crippen molar-refractivity contribution in [3.63, 3.8) is 0 Å². The van der Waals surface area contributed by atoms with E-state index in [1.165, 1.54) is 24.3 Å². The second kappa shape index (κ2) is 7.60. The van der Waals surface area contributed by atoms with Gasteiger partial charge < -0.3 is 9.72 Å². The molecule has 0 aliphatic rings. The van der Waals surface area contributed by atoms with Crippen molar-refractivity contribution in [2.24, 2.45) is 0 Å². The number of benzene rings is 2. The molecule has 0 bridgehead atoms. The Labute approximate surface area is 160 Å². The zero-order valence-corrected chi connectivity index (χ0v) is 14.8. The van der Waals surface area contributed by atoms with E-state index in [2.05, 4.69) is 10.3 Å². The zero-order chi connectivity index (χ0) is 19.5. The van der Waals surface area contributed by atoms with E-state index in [1.807, 2.05) is 28.8 Å². The van der Waals surface area contributed by atoms with Crippen molar-refractivity contribution in [1.29, 1.82) is 0 Å². The van der Waals surface area contributed by atoms with Gasteiger partial charge in [-0.25, -0.2) is 13.8 Å². The molecular weight excluding hydrogens is 360 g/mol. The second-order valence-electron chi connectivity index (χ2n) is 6.45. The number of fused-ring (bicyclic) bond motifs is 1. The number of aromatic nitrogens is 2. The summed E-state index contributed by atoms with van der Waals surface area (Å²) < 4.78 is 29.6. The minimum absolute atomic E-state index is 0.0144. The van der Waals surface area contributed by atoms with Gasteiger partial charge >= 0.3 is 0 Å². The van der Waals surface area contributed by atoms with Gasteiger partial charge in [-0.05, 0) is 42.0 Å². The van der Waals surface area contributed by atoms with Gasteiger partial charge in [0, 0.05) is 24.7 Å². The number of halogens is 2. The number of nitrogens with zero attached hydrogens (tertiary/aromatic N) is 2. The highest BCUT2D eigenvalue weighted by Gasteiger charge is 2.22. The predicted octanol–water partition coefficient (Wildman–Crippen LogP) is 4.77. The maximum absolute atomic E-state index is 13.9. The topological polar surface area (TPSA) is 46.4 Å². The molecule has 1 N–H and O–H groups in total. The summed E-state index contributed by atoms with van der Waals surface area (Å²) in [7, 11) is 0. The predicted molar refractivity (Wildman–Crippen MR) is 103 cm³/mol. The van der Waals surface area contributed by atoms with Gasteiger partial charge in [0.15, 0.2) is 0 Å². The van der Waals surface area contributed by atoms with Crippen molar-refractivity contribution in [3.8, 4) is 0 Å². The van der Waals surface area contributed by atoms with Crippen molar-refractivity contribution in [1.82, 2.24) is 9.38 Å². The van der Waals surface area contributed by atoms with Crippen LogP contribution >= 0.6 is 0 Å². The van der Waals surface area contributed by atoms with E-state index in [0.29, 0.717) is 5.56 Å². The molecule has 6 heteroatoms. The first-order chi connectivity index (χ1) is 13.6. The Morgan fingerprint density at radius 2 is 1.86 bits per heavy atom. The first-order valence-corrected chi connectivity index (χ1v) is 8.83. The molecule has 0 aliphatic heterocycles. The third kappa shape index (κ3) is 3.62. The van der Waals surface area contributed by atoms with E-state index in [9.17, 15) is 13.6 Å². The average Bonchev–Trinajstić information content (AvgIpc) is 3.12. The number of imidazole rings is 1. The van der Waals surface area contributed by atoms with Gasteiger partial charge in [-0.1, -0.05) is 30.3 Å². The molecule has 1 atom stereocenters. The highest BCUT2D eigenvalue weighted by atomic mass is 19.1. The Kier molecular flexibility index (Phi) is 4.85. The molecule has 1 amide bonds. The second-order valence-corrected chi connectivity index (χ2v) is 6.45. The summed E-state index contributed by atoms with van der Waals surface area (Å²) in [4.78, 5) is 17.0. The number of carbonyl (C=O) groups is 1. The van der Waals surface area contributed by atoms with Crippen LogP contribution in [0.2, 0.25) is 0 Å².